The van der Waals surface area contributed by atoms with Crippen LogP contribution in [0.5, 0.6) is 0 Å². The molecular formula is C14H18N4O3. The predicted molar refractivity (Wildman–Crippen MR) is 79.1 cm³/mol. The molecule has 0 heterocycles. The van der Waals surface area contributed by atoms with Gasteiger partial charge in [-0.2, -0.15) is 5.26 Å². The molecule has 1 aromatic carbocycles. The Bertz CT molecular complexity index is 566. The van der Waals surface area contributed by atoms with Crippen LogP contribution in [0.2, 0.25) is 0 Å². The van der Waals surface area contributed by atoms with Gasteiger partial charge >= 0.3 is 0 Å². The molecule has 0 bridgehead atoms. The molecule has 0 atom stereocenters. The van der Waals surface area contributed by atoms with Crippen LogP contribution in [-0.2, 0) is 0 Å². The summed E-state index contributed by atoms with van der Waals surface area (Å²) in [5, 5.41) is 22.6. The van der Waals surface area contributed by atoms with E-state index in [-0.39, 0.29) is 35.8 Å². The van der Waals surface area contributed by atoms with Gasteiger partial charge in [0, 0.05) is 26.2 Å². The number of anilines is 1. The summed E-state index contributed by atoms with van der Waals surface area (Å²) in [4.78, 5) is 24.3. The molecule has 112 valence electrons. The maximum atomic E-state index is 12.4. The Hall–Kier alpha value is -2.62. The lowest BCUT2D eigenvalue weighted by atomic mass is 10.1. The Labute approximate surface area is 123 Å². The van der Waals surface area contributed by atoms with Gasteiger partial charge in [0.2, 0.25) is 0 Å². The van der Waals surface area contributed by atoms with Crippen molar-refractivity contribution in [2.24, 2.45) is 0 Å². The molecule has 0 saturated carbocycles. The number of nitrogens with one attached hydrogen (secondary N) is 1. The molecule has 0 radical (unpaired) electrons. The summed E-state index contributed by atoms with van der Waals surface area (Å²) in [5.74, 6) is -0.340. The van der Waals surface area contributed by atoms with Gasteiger partial charge in [0.05, 0.1) is 23.0 Å². The molecule has 0 saturated heterocycles. The molecule has 1 rings (SSSR count). The van der Waals surface area contributed by atoms with E-state index in [0.29, 0.717) is 6.54 Å². The molecule has 0 spiro atoms. The first-order chi connectivity index (χ1) is 10.0. The number of nitrogens with zero attached hydrogens (tertiary/aromatic N) is 3. The van der Waals surface area contributed by atoms with Crippen molar-refractivity contribution in [1.82, 2.24) is 4.90 Å². The number of hydrogen-bond donors (Lipinski definition) is 1. The van der Waals surface area contributed by atoms with Crippen LogP contribution in [0.3, 0.4) is 0 Å². The number of carbonyl (C=O) groups is 1. The van der Waals surface area contributed by atoms with Crippen LogP contribution in [0.15, 0.2) is 18.2 Å². The van der Waals surface area contributed by atoms with Crippen LogP contribution in [0.1, 0.15) is 30.1 Å². The third-order valence-corrected chi connectivity index (χ3v) is 2.93. The minimum absolute atomic E-state index is 0.122. The van der Waals surface area contributed by atoms with Crippen molar-refractivity contribution in [3.05, 3.63) is 33.9 Å². The van der Waals surface area contributed by atoms with Crippen molar-refractivity contribution in [1.29, 1.82) is 5.26 Å². The van der Waals surface area contributed by atoms with Crippen LogP contribution < -0.4 is 5.32 Å². The van der Waals surface area contributed by atoms with Gasteiger partial charge in [-0.05, 0) is 12.5 Å². The molecule has 0 aliphatic carbocycles. The van der Waals surface area contributed by atoms with Crippen molar-refractivity contribution in [3.8, 4) is 6.07 Å². The highest BCUT2D eigenvalue weighted by Gasteiger charge is 2.23. The van der Waals surface area contributed by atoms with Crippen LogP contribution in [-0.4, -0.2) is 35.9 Å². The number of rotatable bonds is 7. The van der Waals surface area contributed by atoms with Crippen molar-refractivity contribution in [2.75, 3.05) is 25.5 Å². The van der Waals surface area contributed by atoms with Crippen LogP contribution in [0.25, 0.3) is 0 Å². The third kappa shape index (κ3) is 4.18. The molecule has 1 amide bonds. The van der Waals surface area contributed by atoms with Crippen molar-refractivity contribution in [2.45, 2.75) is 19.8 Å². The van der Waals surface area contributed by atoms with Gasteiger partial charge in [0.25, 0.3) is 11.6 Å². The quantitative estimate of drug-likeness (QED) is 0.614. The fourth-order valence-corrected chi connectivity index (χ4v) is 1.83. The van der Waals surface area contributed by atoms with E-state index >= 15 is 0 Å². The number of nitriles is 1. The Morgan fingerprint density at radius 1 is 1.52 bits per heavy atom. The maximum absolute atomic E-state index is 12.4. The minimum atomic E-state index is -0.510. The number of carbonyl (C=O) groups excluding carboxylic acids is 1. The molecule has 0 aliphatic heterocycles. The summed E-state index contributed by atoms with van der Waals surface area (Å²) in [7, 11) is 1.57. The second-order valence-corrected chi connectivity index (χ2v) is 4.52. The lowest BCUT2D eigenvalue weighted by Crippen LogP contribution is -2.28. The Morgan fingerprint density at radius 3 is 2.81 bits per heavy atom. The van der Waals surface area contributed by atoms with Crippen molar-refractivity contribution in [3.63, 3.8) is 0 Å². The van der Waals surface area contributed by atoms with Crippen LogP contribution in [0, 0.1) is 21.4 Å². The zero-order chi connectivity index (χ0) is 15.8. The maximum Gasteiger partial charge on any atom is 0.293 e. The lowest BCUT2D eigenvalue weighted by molar-refractivity contribution is -0.384. The Kier molecular flexibility index (Phi) is 6.14. The normalized spacial score (nSPS) is 9.76. The molecule has 7 nitrogen and oxygen atoms in total. The minimum Gasteiger partial charge on any atom is -0.379 e. The standard InChI is InChI=1S/C14H18N4O3/c1-3-9-16-13-11(6-4-7-12(13)18(20)21)14(19)17(2)10-5-8-15/h4,6-7,16H,3,5,9-10H2,1-2H3. The average Bonchev–Trinajstić information content (AvgIpc) is 2.49. The van der Waals surface area contributed by atoms with E-state index in [1.54, 1.807) is 13.1 Å². The highest BCUT2D eigenvalue weighted by atomic mass is 16.6. The lowest BCUT2D eigenvalue weighted by Gasteiger charge is -2.18. The number of benzene rings is 1. The molecule has 21 heavy (non-hydrogen) atoms. The van der Waals surface area contributed by atoms with Gasteiger partial charge in [-0.1, -0.05) is 13.0 Å². The molecule has 7 heteroatoms. The fourth-order valence-electron chi connectivity index (χ4n) is 1.83. The predicted octanol–water partition coefficient (Wildman–Crippen LogP) is 2.40. The molecule has 1 N–H and O–H groups in total. The first-order valence-electron chi connectivity index (χ1n) is 6.66. The summed E-state index contributed by atoms with van der Waals surface area (Å²) >= 11 is 0. The van der Waals surface area contributed by atoms with Crippen LogP contribution in [0.4, 0.5) is 11.4 Å². The van der Waals surface area contributed by atoms with E-state index in [1.165, 1.54) is 17.0 Å². The number of nitro groups is 1. The van der Waals surface area contributed by atoms with E-state index in [4.69, 9.17) is 5.26 Å². The number of para-hydroxylation sites is 1. The average molecular weight is 290 g/mol. The first kappa shape index (κ1) is 16.4. The van der Waals surface area contributed by atoms with E-state index in [0.717, 1.165) is 6.42 Å². The number of hydrogen-bond acceptors (Lipinski definition) is 5. The smallest absolute Gasteiger partial charge is 0.293 e. The van der Waals surface area contributed by atoms with Gasteiger partial charge in [-0.15, -0.1) is 0 Å². The zero-order valence-electron chi connectivity index (χ0n) is 12.1. The zero-order valence-corrected chi connectivity index (χ0v) is 12.1. The van der Waals surface area contributed by atoms with E-state index in [2.05, 4.69) is 5.32 Å². The van der Waals surface area contributed by atoms with Crippen molar-refractivity contribution < 1.29 is 9.72 Å². The van der Waals surface area contributed by atoms with Gasteiger partial charge < -0.3 is 10.2 Å². The molecule has 0 aliphatic rings. The molecule has 0 fully saturated rings. The molecule has 0 unspecified atom stereocenters. The van der Waals surface area contributed by atoms with Gasteiger partial charge in [-0.25, -0.2) is 0 Å². The summed E-state index contributed by atoms with van der Waals surface area (Å²) < 4.78 is 0. The number of amides is 1. The largest absolute Gasteiger partial charge is 0.379 e. The Balaban J connectivity index is 3.15. The molecule has 1 aromatic rings. The first-order valence-corrected chi connectivity index (χ1v) is 6.66. The van der Waals surface area contributed by atoms with E-state index in [1.807, 2.05) is 13.0 Å². The van der Waals surface area contributed by atoms with Gasteiger partial charge in [0.15, 0.2) is 0 Å². The monoisotopic (exact) mass is 290 g/mol. The van der Waals surface area contributed by atoms with E-state index < -0.39 is 4.92 Å². The SMILES string of the molecule is CCCNc1c(C(=O)N(C)CCC#N)cccc1[N+](=O)[O-]. The summed E-state index contributed by atoms with van der Waals surface area (Å²) in [6.45, 7) is 2.75. The summed E-state index contributed by atoms with van der Waals surface area (Å²) in [5.41, 5.74) is 0.360. The van der Waals surface area contributed by atoms with Crippen LogP contribution >= 0.6 is 0 Å². The van der Waals surface area contributed by atoms with E-state index in [9.17, 15) is 14.9 Å². The third-order valence-electron chi connectivity index (χ3n) is 2.93. The topological polar surface area (TPSA) is 99.3 Å². The molecular weight excluding hydrogens is 272 g/mol. The Morgan fingerprint density at radius 2 is 2.24 bits per heavy atom. The van der Waals surface area contributed by atoms with Gasteiger partial charge in [0.1, 0.15) is 5.69 Å². The molecule has 0 aromatic heterocycles. The highest BCUT2D eigenvalue weighted by Crippen LogP contribution is 2.29. The number of nitro benzene ring substituents is 1. The second kappa shape index (κ2) is 7.85. The van der Waals surface area contributed by atoms with Gasteiger partial charge in [-0.3, -0.25) is 14.9 Å². The highest BCUT2D eigenvalue weighted by molar-refractivity contribution is 6.01. The fraction of sp³-hybridized carbons (Fsp3) is 0.429. The second-order valence-electron chi connectivity index (χ2n) is 4.52. The summed E-state index contributed by atoms with van der Waals surface area (Å²) in [6, 6.07) is 6.37. The summed E-state index contributed by atoms with van der Waals surface area (Å²) in [6.07, 6.45) is 0.999. The van der Waals surface area contributed by atoms with Crippen molar-refractivity contribution >= 4 is 17.3 Å².